The van der Waals surface area contributed by atoms with Crippen LogP contribution >= 0.6 is 0 Å². The molecule has 7 nitrogen and oxygen atoms in total. The number of alkyl halides is 2. The number of hydrogen-bond acceptors (Lipinski definition) is 7. The number of piperazine rings is 1. The maximum absolute atomic E-state index is 14.3. The summed E-state index contributed by atoms with van der Waals surface area (Å²) in [5, 5.41) is 6.20. The molecule has 0 saturated carbocycles. The summed E-state index contributed by atoms with van der Waals surface area (Å²) in [6, 6.07) is 10.2. The molecule has 0 radical (unpaired) electrons. The molecule has 2 N–H and O–H groups in total. The standard InChI is InChI=1S/C24H29F2N7/c1-32-10-12-33(13-11-32)19-4-2-17(3-5-19)20-14-21-22(29-9-8-28-21)23(31-20)30-16-18-15-27-7-6-24(18,25)26/h2-5,8-9,14,18,27H,6-7,10-13,15-16H2,1H3,(H,30,31). The summed E-state index contributed by atoms with van der Waals surface area (Å²) in [6.07, 6.45) is 3.08. The van der Waals surface area contributed by atoms with Crippen molar-refractivity contribution in [3.8, 4) is 11.3 Å². The minimum atomic E-state index is -2.70. The van der Waals surface area contributed by atoms with Crippen LogP contribution in [-0.4, -0.2) is 78.6 Å². The number of nitrogens with zero attached hydrogens (tertiary/aromatic N) is 5. The Morgan fingerprint density at radius 2 is 1.85 bits per heavy atom. The lowest BCUT2D eigenvalue weighted by Crippen LogP contribution is -2.47. The Labute approximate surface area is 192 Å². The Bertz CT molecular complexity index is 1100. The molecule has 0 bridgehead atoms. The van der Waals surface area contributed by atoms with Gasteiger partial charge in [-0.3, -0.25) is 4.98 Å². The SMILES string of the molecule is CN1CCN(c2ccc(-c3cc4nccnc4c(NCC4CNCCC4(F)F)n3)cc2)CC1. The van der Waals surface area contributed by atoms with Crippen molar-refractivity contribution in [1.29, 1.82) is 0 Å². The predicted molar refractivity (Wildman–Crippen MR) is 127 cm³/mol. The third-order valence-electron chi connectivity index (χ3n) is 6.63. The first-order chi connectivity index (χ1) is 16.0. The highest BCUT2D eigenvalue weighted by Crippen LogP contribution is 2.32. The van der Waals surface area contributed by atoms with E-state index in [1.165, 1.54) is 5.69 Å². The van der Waals surface area contributed by atoms with Gasteiger partial charge in [0, 0.05) is 75.9 Å². The highest BCUT2D eigenvalue weighted by molar-refractivity contribution is 5.88. The van der Waals surface area contributed by atoms with Gasteiger partial charge in [0.05, 0.1) is 17.1 Å². The van der Waals surface area contributed by atoms with Crippen LogP contribution in [-0.2, 0) is 0 Å². The van der Waals surface area contributed by atoms with Crippen molar-refractivity contribution < 1.29 is 8.78 Å². The van der Waals surface area contributed by atoms with E-state index in [1.54, 1.807) is 12.4 Å². The van der Waals surface area contributed by atoms with Gasteiger partial charge in [-0.25, -0.2) is 18.7 Å². The Morgan fingerprint density at radius 3 is 2.61 bits per heavy atom. The summed E-state index contributed by atoms with van der Waals surface area (Å²) in [5.74, 6) is -3.01. The zero-order valence-corrected chi connectivity index (χ0v) is 18.8. The second-order valence-corrected chi connectivity index (χ2v) is 8.91. The molecule has 1 atom stereocenters. The number of hydrogen-bond donors (Lipinski definition) is 2. The molecule has 2 aliphatic rings. The third-order valence-corrected chi connectivity index (χ3v) is 6.63. The van der Waals surface area contributed by atoms with Gasteiger partial charge in [-0.05, 0) is 25.2 Å². The number of fused-ring (bicyclic) bond motifs is 1. The molecular formula is C24H29F2N7. The molecule has 1 unspecified atom stereocenters. The fourth-order valence-corrected chi connectivity index (χ4v) is 4.48. The minimum Gasteiger partial charge on any atom is -0.369 e. The third kappa shape index (κ3) is 4.74. The van der Waals surface area contributed by atoms with Crippen LogP contribution in [0.4, 0.5) is 20.3 Å². The number of anilines is 2. The first-order valence-electron chi connectivity index (χ1n) is 11.5. The first-order valence-corrected chi connectivity index (χ1v) is 11.5. The number of rotatable bonds is 5. The molecule has 2 aliphatic heterocycles. The number of likely N-dealkylation sites (N-methyl/N-ethyl adjacent to an activating group) is 1. The van der Waals surface area contributed by atoms with Gasteiger partial charge >= 0.3 is 0 Å². The van der Waals surface area contributed by atoms with Crippen molar-refractivity contribution in [1.82, 2.24) is 25.2 Å². The summed E-state index contributed by atoms with van der Waals surface area (Å²) < 4.78 is 28.6. The smallest absolute Gasteiger partial charge is 0.255 e. The monoisotopic (exact) mass is 453 g/mol. The molecule has 4 heterocycles. The van der Waals surface area contributed by atoms with Crippen LogP contribution in [0.2, 0.25) is 0 Å². The van der Waals surface area contributed by atoms with Gasteiger partial charge in [0.2, 0.25) is 0 Å². The van der Waals surface area contributed by atoms with Crippen molar-refractivity contribution in [3.05, 3.63) is 42.7 Å². The molecule has 2 saturated heterocycles. The second kappa shape index (κ2) is 9.15. The number of aromatic nitrogens is 3. The van der Waals surface area contributed by atoms with E-state index in [9.17, 15) is 8.78 Å². The lowest BCUT2D eigenvalue weighted by molar-refractivity contribution is -0.0728. The molecule has 174 valence electrons. The van der Waals surface area contributed by atoms with Crippen LogP contribution in [0.15, 0.2) is 42.7 Å². The Morgan fingerprint density at radius 1 is 1.09 bits per heavy atom. The fourth-order valence-electron chi connectivity index (χ4n) is 4.48. The molecule has 1 aromatic carbocycles. The number of benzene rings is 1. The maximum Gasteiger partial charge on any atom is 0.255 e. The summed E-state index contributed by atoms with van der Waals surface area (Å²) in [7, 11) is 2.15. The topological polar surface area (TPSA) is 69.2 Å². The fraction of sp³-hybridized carbons (Fsp3) is 0.458. The molecule has 2 fully saturated rings. The lowest BCUT2D eigenvalue weighted by atomic mass is 9.95. The molecule has 9 heteroatoms. The van der Waals surface area contributed by atoms with Gasteiger partial charge < -0.3 is 20.4 Å². The van der Waals surface area contributed by atoms with Crippen LogP contribution in [0.3, 0.4) is 0 Å². The van der Waals surface area contributed by atoms with Gasteiger partial charge in [0.15, 0.2) is 5.82 Å². The van der Waals surface area contributed by atoms with Crippen molar-refractivity contribution in [2.24, 2.45) is 5.92 Å². The van der Waals surface area contributed by atoms with Gasteiger partial charge in [-0.1, -0.05) is 12.1 Å². The normalized spacial score (nSPS) is 21.3. The van der Waals surface area contributed by atoms with E-state index in [2.05, 4.69) is 61.7 Å². The van der Waals surface area contributed by atoms with E-state index >= 15 is 0 Å². The van der Waals surface area contributed by atoms with E-state index in [-0.39, 0.29) is 19.5 Å². The van der Waals surface area contributed by atoms with Crippen LogP contribution in [0.5, 0.6) is 0 Å². The number of halogens is 2. The zero-order valence-electron chi connectivity index (χ0n) is 18.8. The number of piperidine rings is 1. The molecular weight excluding hydrogens is 424 g/mol. The lowest BCUT2D eigenvalue weighted by Gasteiger charge is -2.34. The molecule has 0 aliphatic carbocycles. The van der Waals surface area contributed by atoms with Crippen LogP contribution < -0.4 is 15.5 Å². The van der Waals surface area contributed by atoms with E-state index in [0.29, 0.717) is 23.4 Å². The van der Waals surface area contributed by atoms with Crippen molar-refractivity contribution in [3.63, 3.8) is 0 Å². The second-order valence-electron chi connectivity index (χ2n) is 8.91. The van der Waals surface area contributed by atoms with Crippen LogP contribution in [0.25, 0.3) is 22.3 Å². The van der Waals surface area contributed by atoms with Gasteiger partial charge in [0.1, 0.15) is 5.52 Å². The largest absolute Gasteiger partial charge is 0.369 e. The molecule has 5 rings (SSSR count). The number of pyridine rings is 1. The summed E-state index contributed by atoms with van der Waals surface area (Å²) >= 11 is 0. The molecule has 0 amide bonds. The average Bonchev–Trinajstić information content (AvgIpc) is 2.83. The minimum absolute atomic E-state index is 0.116. The molecule has 3 aromatic rings. The van der Waals surface area contributed by atoms with Crippen LogP contribution in [0, 0.1) is 5.92 Å². The van der Waals surface area contributed by atoms with E-state index in [1.807, 2.05) is 6.07 Å². The van der Waals surface area contributed by atoms with Crippen molar-refractivity contribution in [2.75, 3.05) is 63.1 Å². The molecule has 33 heavy (non-hydrogen) atoms. The molecule has 0 spiro atoms. The maximum atomic E-state index is 14.3. The Kier molecular flexibility index (Phi) is 6.07. The van der Waals surface area contributed by atoms with E-state index < -0.39 is 11.8 Å². The first kappa shape index (κ1) is 21.9. The van der Waals surface area contributed by atoms with Gasteiger partial charge in [-0.15, -0.1) is 0 Å². The Hall–Kier alpha value is -2.91. The molecule has 2 aromatic heterocycles. The van der Waals surface area contributed by atoms with Crippen molar-refractivity contribution >= 4 is 22.5 Å². The highest BCUT2D eigenvalue weighted by Gasteiger charge is 2.41. The Balaban J connectivity index is 1.39. The highest BCUT2D eigenvalue weighted by atomic mass is 19.3. The van der Waals surface area contributed by atoms with E-state index in [0.717, 1.165) is 37.4 Å². The van der Waals surface area contributed by atoms with Gasteiger partial charge in [0.25, 0.3) is 5.92 Å². The van der Waals surface area contributed by atoms with Crippen LogP contribution in [0.1, 0.15) is 6.42 Å². The van der Waals surface area contributed by atoms with Gasteiger partial charge in [-0.2, -0.15) is 0 Å². The van der Waals surface area contributed by atoms with E-state index in [4.69, 9.17) is 4.98 Å². The zero-order chi connectivity index (χ0) is 22.8. The average molecular weight is 454 g/mol. The summed E-state index contributed by atoms with van der Waals surface area (Å²) in [5.41, 5.74) is 4.15. The number of nitrogens with one attached hydrogen (secondary N) is 2. The summed E-state index contributed by atoms with van der Waals surface area (Å²) in [6.45, 7) is 4.86. The quantitative estimate of drug-likeness (QED) is 0.615. The summed E-state index contributed by atoms with van der Waals surface area (Å²) in [4.78, 5) is 18.3. The van der Waals surface area contributed by atoms with Crippen molar-refractivity contribution in [2.45, 2.75) is 12.3 Å². The predicted octanol–water partition coefficient (Wildman–Crippen LogP) is 3.10.